The van der Waals surface area contributed by atoms with Crippen LogP contribution in [0.2, 0.25) is 0 Å². The Labute approximate surface area is 107 Å². The number of carbonyl (C=O) groups is 1. The Bertz CT molecular complexity index is 534. The molecule has 0 radical (unpaired) electrons. The minimum Gasteiger partial charge on any atom is -0.377 e. The van der Waals surface area contributed by atoms with E-state index in [0.717, 1.165) is 5.56 Å². The molecule has 1 amide bonds. The number of hydrogen-bond donors (Lipinski definition) is 1. The van der Waals surface area contributed by atoms with Gasteiger partial charge in [0.15, 0.2) is 0 Å². The Morgan fingerprint density at radius 2 is 2.50 bits per heavy atom. The predicted molar refractivity (Wildman–Crippen MR) is 63.9 cm³/mol. The summed E-state index contributed by atoms with van der Waals surface area (Å²) in [4.78, 5) is 12.9. The average molecular weight is 265 g/mol. The van der Waals surface area contributed by atoms with Crippen molar-refractivity contribution < 1.29 is 9.53 Å². The third-order valence-corrected chi connectivity index (χ3v) is 3.20. The van der Waals surface area contributed by atoms with Gasteiger partial charge in [-0.05, 0) is 16.7 Å². The van der Waals surface area contributed by atoms with Gasteiger partial charge >= 0.3 is 0 Å². The van der Waals surface area contributed by atoms with Crippen LogP contribution in [0.5, 0.6) is 0 Å². The van der Waals surface area contributed by atoms with Crippen LogP contribution in [0.4, 0.5) is 0 Å². The molecule has 3 heterocycles. The van der Waals surface area contributed by atoms with Gasteiger partial charge in [-0.2, -0.15) is 16.1 Å². The van der Waals surface area contributed by atoms with Crippen LogP contribution in [0.25, 0.3) is 11.4 Å². The second kappa shape index (κ2) is 4.83. The number of carbonyl (C=O) groups excluding carboxylic acids is 1. The highest BCUT2D eigenvalue weighted by Gasteiger charge is 2.20. The van der Waals surface area contributed by atoms with Crippen molar-refractivity contribution >= 4 is 17.2 Å². The average Bonchev–Trinajstić information content (AvgIpc) is 2.92. The monoisotopic (exact) mass is 265 g/mol. The van der Waals surface area contributed by atoms with Gasteiger partial charge in [-0.3, -0.25) is 4.79 Å². The first-order chi connectivity index (χ1) is 8.81. The number of rotatable bonds is 4. The number of ether oxygens (including phenoxy) is 1. The fourth-order valence-corrected chi connectivity index (χ4v) is 2.17. The molecule has 2 aromatic heterocycles. The minimum atomic E-state index is -0.127. The Kier molecular flexibility index (Phi) is 3.03. The second-order valence-electron chi connectivity index (χ2n) is 3.96. The number of tetrazole rings is 1. The van der Waals surface area contributed by atoms with Crippen molar-refractivity contribution in [3.05, 3.63) is 16.8 Å². The van der Waals surface area contributed by atoms with Crippen LogP contribution in [-0.4, -0.2) is 45.4 Å². The van der Waals surface area contributed by atoms with Gasteiger partial charge in [-0.15, -0.1) is 10.2 Å². The lowest BCUT2D eigenvalue weighted by Gasteiger charge is -2.26. The summed E-state index contributed by atoms with van der Waals surface area (Å²) in [5, 5.41) is 18.6. The zero-order chi connectivity index (χ0) is 12.4. The molecular formula is C10H11N5O2S. The number of nitrogens with one attached hydrogen (secondary N) is 1. The predicted octanol–water partition coefficient (Wildman–Crippen LogP) is -0.0834. The van der Waals surface area contributed by atoms with Crippen molar-refractivity contribution in [2.75, 3.05) is 13.2 Å². The first-order valence-corrected chi connectivity index (χ1v) is 6.43. The van der Waals surface area contributed by atoms with Crippen LogP contribution in [0.1, 0.15) is 0 Å². The molecule has 0 unspecified atom stereocenters. The first kappa shape index (κ1) is 11.3. The lowest BCUT2D eigenvalue weighted by molar-refractivity contribution is -0.126. The summed E-state index contributed by atoms with van der Waals surface area (Å²) in [6.45, 7) is 1.24. The normalized spacial score (nSPS) is 15.3. The van der Waals surface area contributed by atoms with Gasteiger partial charge in [0.25, 0.3) is 0 Å². The highest BCUT2D eigenvalue weighted by atomic mass is 32.1. The van der Waals surface area contributed by atoms with Crippen LogP contribution in [0.15, 0.2) is 16.8 Å². The Morgan fingerprint density at radius 1 is 1.61 bits per heavy atom. The molecule has 0 bridgehead atoms. The van der Waals surface area contributed by atoms with E-state index in [0.29, 0.717) is 19.0 Å². The van der Waals surface area contributed by atoms with Crippen molar-refractivity contribution in [1.29, 1.82) is 0 Å². The van der Waals surface area contributed by atoms with Crippen LogP contribution >= 0.6 is 11.3 Å². The largest absolute Gasteiger partial charge is 0.377 e. The number of amides is 1. The van der Waals surface area contributed by atoms with Crippen molar-refractivity contribution in [1.82, 2.24) is 25.5 Å². The fraction of sp³-hybridized carbons (Fsp3) is 0.400. The van der Waals surface area contributed by atoms with Gasteiger partial charge in [-0.1, -0.05) is 0 Å². The highest BCUT2D eigenvalue weighted by Crippen LogP contribution is 2.16. The fourth-order valence-electron chi connectivity index (χ4n) is 1.54. The molecule has 1 fully saturated rings. The van der Waals surface area contributed by atoms with Gasteiger partial charge in [-0.25, -0.2) is 0 Å². The van der Waals surface area contributed by atoms with E-state index in [9.17, 15) is 4.79 Å². The Morgan fingerprint density at radius 3 is 3.17 bits per heavy atom. The third kappa shape index (κ3) is 2.39. The molecule has 1 aliphatic heterocycles. The number of thiophene rings is 1. The summed E-state index contributed by atoms with van der Waals surface area (Å²) in [6, 6.07) is 2.04. The second-order valence-corrected chi connectivity index (χ2v) is 4.74. The van der Waals surface area contributed by atoms with Crippen LogP contribution in [-0.2, 0) is 16.1 Å². The van der Waals surface area contributed by atoms with Gasteiger partial charge in [0.2, 0.25) is 11.7 Å². The lowest BCUT2D eigenvalue weighted by atomic mass is 10.2. The highest BCUT2D eigenvalue weighted by molar-refractivity contribution is 7.08. The van der Waals surface area contributed by atoms with Crippen molar-refractivity contribution in [3.63, 3.8) is 0 Å². The quantitative estimate of drug-likeness (QED) is 0.836. The van der Waals surface area contributed by atoms with Crippen molar-refractivity contribution in [3.8, 4) is 11.4 Å². The molecule has 94 valence electrons. The summed E-state index contributed by atoms with van der Waals surface area (Å²) in [5.41, 5.74) is 0.916. The Balaban J connectivity index is 1.61. The smallest absolute Gasteiger partial charge is 0.244 e. The molecule has 7 nitrogen and oxygen atoms in total. The maximum Gasteiger partial charge on any atom is 0.244 e. The van der Waals surface area contributed by atoms with E-state index in [1.165, 1.54) is 4.80 Å². The summed E-state index contributed by atoms with van der Waals surface area (Å²) in [7, 11) is 0. The van der Waals surface area contributed by atoms with E-state index in [-0.39, 0.29) is 18.5 Å². The van der Waals surface area contributed by atoms with Gasteiger partial charge in [0, 0.05) is 10.9 Å². The Hall–Kier alpha value is -1.80. The lowest BCUT2D eigenvalue weighted by Crippen LogP contribution is -2.49. The van der Waals surface area contributed by atoms with Crippen molar-refractivity contribution in [2.45, 2.75) is 12.6 Å². The first-order valence-electron chi connectivity index (χ1n) is 5.49. The molecule has 0 aromatic carbocycles. The zero-order valence-corrected chi connectivity index (χ0v) is 10.3. The molecule has 8 heteroatoms. The molecular weight excluding hydrogens is 254 g/mol. The van der Waals surface area contributed by atoms with Crippen molar-refractivity contribution in [2.24, 2.45) is 0 Å². The molecule has 3 rings (SSSR count). The molecule has 18 heavy (non-hydrogen) atoms. The standard InChI is InChI=1S/C10H11N5O2S/c16-9(11-8-4-17-5-8)3-15-13-10(12-14-15)7-1-2-18-6-7/h1-2,6,8H,3-5H2,(H,11,16). The van der Waals surface area contributed by atoms with Gasteiger partial charge < -0.3 is 10.1 Å². The number of hydrogen-bond acceptors (Lipinski definition) is 6. The van der Waals surface area contributed by atoms with E-state index < -0.39 is 0 Å². The topological polar surface area (TPSA) is 81.9 Å². The maximum absolute atomic E-state index is 11.6. The summed E-state index contributed by atoms with van der Waals surface area (Å²) in [6.07, 6.45) is 0. The van der Waals surface area contributed by atoms with E-state index >= 15 is 0 Å². The summed E-state index contributed by atoms with van der Waals surface area (Å²) in [5.74, 6) is 0.411. The summed E-state index contributed by atoms with van der Waals surface area (Å²) < 4.78 is 4.98. The van der Waals surface area contributed by atoms with Crippen LogP contribution < -0.4 is 5.32 Å². The molecule has 1 aliphatic rings. The van der Waals surface area contributed by atoms with Crippen LogP contribution in [0.3, 0.4) is 0 Å². The van der Waals surface area contributed by atoms with E-state index in [1.807, 2.05) is 16.8 Å². The van der Waals surface area contributed by atoms with E-state index in [1.54, 1.807) is 11.3 Å². The number of aromatic nitrogens is 4. The van der Waals surface area contributed by atoms with Gasteiger partial charge in [0.1, 0.15) is 6.54 Å². The number of nitrogens with zero attached hydrogens (tertiary/aromatic N) is 4. The molecule has 1 saturated heterocycles. The molecule has 0 atom stereocenters. The zero-order valence-electron chi connectivity index (χ0n) is 9.44. The van der Waals surface area contributed by atoms with Crippen LogP contribution in [0, 0.1) is 0 Å². The van der Waals surface area contributed by atoms with Gasteiger partial charge in [0.05, 0.1) is 19.3 Å². The maximum atomic E-state index is 11.6. The molecule has 0 aliphatic carbocycles. The molecule has 0 saturated carbocycles. The molecule has 0 spiro atoms. The SMILES string of the molecule is O=C(Cn1nnc(-c2ccsc2)n1)NC1COC1. The third-order valence-electron chi connectivity index (χ3n) is 2.52. The molecule has 1 N–H and O–H groups in total. The summed E-state index contributed by atoms with van der Waals surface area (Å²) >= 11 is 1.57. The van der Waals surface area contributed by atoms with E-state index in [4.69, 9.17) is 4.74 Å². The van der Waals surface area contributed by atoms with E-state index in [2.05, 4.69) is 20.7 Å². The molecule has 2 aromatic rings. The minimum absolute atomic E-state index is 0.0770.